The van der Waals surface area contributed by atoms with E-state index in [2.05, 4.69) is 4.98 Å². The molecule has 0 radical (unpaired) electrons. The van der Waals surface area contributed by atoms with Gasteiger partial charge in [-0.25, -0.2) is 4.98 Å². The second-order valence-electron chi connectivity index (χ2n) is 6.70. The fourth-order valence-electron chi connectivity index (χ4n) is 4.17. The Balaban J connectivity index is 1.51. The number of nitrogens with zero attached hydrogens (tertiary/aromatic N) is 3. The van der Waals surface area contributed by atoms with Crippen LogP contribution in [-0.4, -0.2) is 44.4 Å². The second kappa shape index (κ2) is 5.08. The number of rotatable bonds is 3. The van der Waals surface area contributed by atoms with Crippen LogP contribution in [0.1, 0.15) is 25.0 Å². The van der Waals surface area contributed by atoms with Gasteiger partial charge >= 0.3 is 5.97 Å². The molecule has 3 heterocycles. The highest BCUT2D eigenvalue weighted by Gasteiger charge is 2.55. The number of carbonyl (C=O) groups excluding carboxylic acids is 1. The van der Waals surface area contributed by atoms with Gasteiger partial charge in [0.25, 0.3) is 0 Å². The molecule has 0 aromatic carbocycles. The molecule has 6 nitrogen and oxygen atoms in total. The number of hydrogen-bond donors (Lipinski definition) is 1. The van der Waals surface area contributed by atoms with Crippen molar-refractivity contribution in [2.24, 2.45) is 11.3 Å². The minimum atomic E-state index is -0.747. The van der Waals surface area contributed by atoms with Gasteiger partial charge in [0, 0.05) is 25.5 Å². The first-order chi connectivity index (χ1) is 11.1. The molecular weight excluding hydrogens is 294 g/mol. The first kappa shape index (κ1) is 14.2. The van der Waals surface area contributed by atoms with Crippen molar-refractivity contribution >= 4 is 17.5 Å². The number of pyridine rings is 1. The molecule has 1 saturated carbocycles. The Bertz CT molecular complexity index is 751. The third kappa shape index (κ3) is 2.20. The number of hydrogen-bond acceptors (Lipinski definition) is 3. The van der Waals surface area contributed by atoms with Gasteiger partial charge in [0.05, 0.1) is 17.5 Å². The average molecular weight is 313 g/mol. The van der Waals surface area contributed by atoms with E-state index in [1.165, 1.54) is 0 Å². The first-order valence-corrected chi connectivity index (χ1v) is 8.02. The van der Waals surface area contributed by atoms with Crippen LogP contribution in [0, 0.1) is 11.3 Å². The number of carboxylic acid groups (broad SMARTS) is 1. The van der Waals surface area contributed by atoms with Crippen LogP contribution in [0.4, 0.5) is 0 Å². The largest absolute Gasteiger partial charge is 0.481 e. The van der Waals surface area contributed by atoms with Crippen LogP contribution in [-0.2, 0) is 16.0 Å². The first-order valence-electron chi connectivity index (χ1n) is 8.02. The lowest BCUT2D eigenvalue weighted by Crippen LogP contribution is -2.37. The van der Waals surface area contributed by atoms with Gasteiger partial charge in [-0.1, -0.05) is 12.5 Å². The molecule has 2 atom stereocenters. The van der Waals surface area contributed by atoms with Crippen LogP contribution in [0.25, 0.3) is 5.65 Å². The van der Waals surface area contributed by atoms with Crippen molar-refractivity contribution in [2.45, 2.75) is 25.7 Å². The van der Waals surface area contributed by atoms with Gasteiger partial charge in [0.15, 0.2) is 0 Å². The van der Waals surface area contributed by atoms with Crippen molar-refractivity contribution in [3.63, 3.8) is 0 Å². The maximum absolute atomic E-state index is 12.6. The Morgan fingerprint density at radius 2 is 2.26 bits per heavy atom. The molecule has 120 valence electrons. The SMILES string of the molecule is O=C(Cc1cn2ccccc2n1)N1C[C@@H]2CCC[C@@]2(C(=O)O)C1. The third-order valence-corrected chi connectivity index (χ3v) is 5.40. The number of aliphatic carboxylic acids is 1. The summed E-state index contributed by atoms with van der Waals surface area (Å²) in [5.41, 5.74) is 0.826. The second-order valence-corrected chi connectivity index (χ2v) is 6.70. The normalized spacial score (nSPS) is 26.6. The molecular formula is C17H19N3O3. The van der Waals surface area contributed by atoms with E-state index in [4.69, 9.17) is 0 Å². The van der Waals surface area contributed by atoms with E-state index in [9.17, 15) is 14.7 Å². The molecule has 6 heteroatoms. The van der Waals surface area contributed by atoms with Gasteiger partial charge in [-0.3, -0.25) is 9.59 Å². The van der Waals surface area contributed by atoms with Gasteiger partial charge in [0.2, 0.25) is 5.91 Å². The molecule has 2 aromatic rings. The van der Waals surface area contributed by atoms with Crippen LogP contribution < -0.4 is 0 Å². The van der Waals surface area contributed by atoms with Crippen LogP contribution in [0.15, 0.2) is 30.6 Å². The number of carboxylic acids is 1. The molecule has 1 aliphatic carbocycles. The fraction of sp³-hybridized carbons (Fsp3) is 0.471. The summed E-state index contributed by atoms with van der Waals surface area (Å²) in [7, 11) is 0. The standard InChI is InChI=1S/C17H19N3O3/c21-15(8-13-10-19-7-2-1-5-14(19)18-13)20-9-12-4-3-6-17(12,11-20)16(22)23/h1-2,5,7,10,12H,3-4,6,8-9,11H2,(H,22,23)/t12-,17+/m0/s1. The smallest absolute Gasteiger partial charge is 0.311 e. The molecule has 23 heavy (non-hydrogen) atoms. The number of amides is 1. The number of aromatic nitrogens is 2. The van der Waals surface area contributed by atoms with Crippen LogP contribution in [0.2, 0.25) is 0 Å². The molecule has 0 bridgehead atoms. The van der Waals surface area contributed by atoms with E-state index in [0.717, 1.165) is 24.2 Å². The van der Waals surface area contributed by atoms with Gasteiger partial charge in [-0.05, 0) is 30.9 Å². The Morgan fingerprint density at radius 1 is 1.39 bits per heavy atom. The van der Waals surface area contributed by atoms with E-state index in [1.54, 1.807) is 4.90 Å². The van der Waals surface area contributed by atoms with E-state index in [1.807, 2.05) is 35.0 Å². The molecule has 0 spiro atoms. The minimum absolute atomic E-state index is 0.0246. The summed E-state index contributed by atoms with van der Waals surface area (Å²) in [5, 5.41) is 9.61. The van der Waals surface area contributed by atoms with Crippen molar-refractivity contribution in [1.82, 2.24) is 14.3 Å². The molecule has 2 aliphatic rings. The predicted octanol–water partition coefficient (Wildman–Crippen LogP) is 1.59. The Labute approximate surface area is 133 Å². The lowest BCUT2D eigenvalue weighted by Gasteiger charge is -2.23. The van der Waals surface area contributed by atoms with Crippen LogP contribution in [0.5, 0.6) is 0 Å². The van der Waals surface area contributed by atoms with Crippen molar-refractivity contribution in [3.8, 4) is 0 Å². The summed E-state index contributed by atoms with van der Waals surface area (Å²) in [4.78, 5) is 30.4. The molecule has 0 unspecified atom stereocenters. The molecule has 1 saturated heterocycles. The van der Waals surface area contributed by atoms with E-state index < -0.39 is 11.4 Å². The average Bonchev–Trinajstić information content (AvgIpc) is 3.18. The molecule has 2 fully saturated rings. The zero-order chi connectivity index (χ0) is 16.0. The zero-order valence-electron chi connectivity index (χ0n) is 12.8. The summed E-state index contributed by atoms with van der Waals surface area (Å²) >= 11 is 0. The van der Waals surface area contributed by atoms with Crippen molar-refractivity contribution in [2.75, 3.05) is 13.1 Å². The topological polar surface area (TPSA) is 74.9 Å². The number of carbonyl (C=O) groups is 2. The number of imidazole rings is 1. The minimum Gasteiger partial charge on any atom is -0.481 e. The highest BCUT2D eigenvalue weighted by Crippen LogP contribution is 2.48. The van der Waals surface area contributed by atoms with Crippen molar-refractivity contribution in [1.29, 1.82) is 0 Å². The number of likely N-dealkylation sites (tertiary alicyclic amines) is 1. The predicted molar refractivity (Wildman–Crippen MR) is 82.9 cm³/mol. The Hall–Kier alpha value is -2.37. The quantitative estimate of drug-likeness (QED) is 0.934. The van der Waals surface area contributed by atoms with Gasteiger partial charge in [0.1, 0.15) is 5.65 Å². The Kier molecular flexibility index (Phi) is 3.14. The third-order valence-electron chi connectivity index (χ3n) is 5.40. The van der Waals surface area contributed by atoms with E-state index >= 15 is 0 Å². The molecule has 1 amide bonds. The highest BCUT2D eigenvalue weighted by molar-refractivity contribution is 5.82. The van der Waals surface area contributed by atoms with E-state index in [0.29, 0.717) is 19.5 Å². The van der Waals surface area contributed by atoms with Crippen LogP contribution in [0.3, 0.4) is 0 Å². The van der Waals surface area contributed by atoms with Gasteiger partial charge < -0.3 is 14.4 Å². The lowest BCUT2D eigenvalue weighted by atomic mass is 9.81. The summed E-state index contributed by atoms with van der Waals surface area (Å²) in [5.74, 6) is -0.670. The molecule has 4 rings (SSSR count). The highest BCUT2D eigenvalue weighted by atomic mass is 16.4. The van der Waals surface area contributed by atoms with Crippen LogP contribution >= 0.6 is 0 Å². The monoisotopic (exact) mass is 313 g/mol. The van der Waals surface area contributed by atoms with Gasteiger partial charge in [-0.2, -0.15) is 0 Å². The van der Waals surface area contributed by atoms with E-state index in [-0.39, 0.29) is 18.2 Å². The zero-order valence-corrected chi connectivity index (χ0v) is 12.8. The summed E-state index contributed by atoms with van der Waals surface area (Å²) in [6.45, 7) is 0.914. The fourth-order valence-corrected chi connectivity index (χ4v) is 4.17. The Morgan fingerprint density at radius 3 is 3.00 bits per heavy atom. The van der Waals surface area contributed by atoms with Crippen molar-refractivity contribution < 1.29 is 14.7 Å². The summed E-state index contributed by atoms with van der Waals surface area (Å²) in [6, 6.07) is 5.72. The summed E-state index contributed by atoms with van der Waals surface area (Å²) in [6.07, 6.45) is 6.53. The summed E-state index contributed by atoms with van der Waals surface area (Å²) < 4.78 is 1.89. The molecule has 2 aromatic heterocycles. The molecule has 1 aliphatic heterocycles. The van der Waals surface area contributed by atoms with Gasteiger partial charge in [-0.15, -0.1) is 0 Å². The molecule has 1 N–H and O–H groups in total. The maximum atomic E-state index is 12.6. The van der Waals surface area contributed by atoms with Crippen molar-refractivity contribution in [3.05, 3.63) is 36.3 Å². The lowest BCUT2D eigenvalue weighted by molar-refractivity contribution is -0.149. The number of fused-ring (bicyclic) bond motifs is 2. The maximum Gasteiger partial charge on any atom is 0.311 e.